The molecule has 1 aromatic rings. The summed E-state index contributed by atoms with van der Waals surface area (Å²) in [5.74, 6) is 1.04. The molecule has 0 saturated carbocycles. The Morgan fingerprint density at radius 1 is 1.47 bits per heavy atom. The normalized spacial score (nSPS) is 18.7. The molecule has 0 bridgehead atoms. The second-order valence-electron chi connectivity index (χ2n) is 3.79. The first-order chi connectivity index (χ1) is 7.40. The molecule has 0 atom stereocenters. The van der Waals surface area contributed by atoms with Crippen LogP contribution in [0, 0.1) is 0 Å². The Labute approximate surface area is 95.0 Å². The number of ether oxygens (including phenoxy) is 1. The lowest BCUT2D eigenvalue weighted by Gasteiger charge is -2.18. The van der Waals surface area contributed by atoms with E-state index < -0.39 is 0 Å². The van der Waals surface area contributed by atoms with Gasteiger partial charge in [0.1, 0.15) is 5.75 Å². The summed E-state index contributed by atoms with van der Waals surface area (Å²) in [6.45, 7) is 5.61. The van der Waals surface area contributed by atoms with Gasteiger partial charge in [-0.1, -0.05) is 0 Å². The van der Waals surface area contributed by atoms with Crippen LogP contribution in [0.1, 0.15) is 11.3 Å². The van der Waals surface area contributed by atoms with Gasteiger partial charge >= 0.3 is 0 Å². The third kappa shape index (κ3) is 2.93. The summed E-state index contributed by atoms with van der Waals surface area (Å²) < 4.78 is 5.33. The van der Waals surface area contributed by atoms with E-state index in [2.05, 4.69) is 21.7 Å². The third-order valence-corrected chi connectivity index (χ3v) is 3.61. The van der Waals surface area contributed by atoms with Crippen LogP contribution in [0.15, 0.2) is 11.4 Å². The number of thiophene rings is 1. The molecular formula is C11H18N2OS. The van der Waals surface area contributed by atoms with Crippen LogP contribution in [-0.2, 0) is 6.54 Å². The van der Waals surface area contributed by atoms with E-state index in [9.17, 15) is 0 Å². The van der Waals surface area contributed by atoms with Gasteiger partial charge in [-0.2, -0.15) is 0 Å². The lowest BCUT2D eigenvalue weighted by atomic mass is 10.3. The average molecular weight is 226 g/mol. The topological polar surface area (TPSA) is 24.5 Å². The Morgan fingerprint density at radius 2 is 2.40 bits per heavy atom. The van der Waals surface area contributed by atoms with Gasteiger partial charge in [0, 0.05) is 19.6 Å². The summed E-state index contributed by atoms with van der Waals surface area (Å²) in [5, 5.41) is 5.52. The van der Waals surface area contributed by atoms with Crippen molar-refractivity contribution in [3.8, 4) is 5.75 Å². The van der Waals surface area contributed by atoms with Crippen molar-refractivity contribution in [2.75, 3.05) is 33.3 Å². The molecule has 4 heteroatoms. The highest BCUT2D eigenvalue weighted by atomic mass is 32.1. The smallest absolute Gasteiger partial charge is 0.134 e. The molecule has 1 saturated heterocycles. The Morgan fingerprint density at radius 3 is 3.27 bits per heavy atom. The predicted molar refractivity (Wildman–Crippen MR) is 63.6 cm³/mol. The average Bonchev–Trinajstić information content (AvgIpc) is 2.53. The molecule has 15 heavy (non-hydrogen) atoms. The van der Waals surface area contributed by atoms with Crippen LogP contribution in [0.4, 0.5) is 0 Å². The fourth-order valence-electron chi connectivity index (χ4n) is 1.89. The van der Waals surface area contributed by atoms with E-state index in [-0.39, 0.29) is 0 Å². The van der Waals surface area contributed by atoms with Crippen molar-refractivity contribution in [2.24, 2.45) is 0 Å². The number of nitrogens with zero attached hydrogens (tertiary/aromatic N) is 1. The predicted octanol–water partition coefficient (Wildman–Crippen LogP) is 1.55. The van der Waals surface area contributed by atoms with E-state index in [4.69, 9.17) is 4.74 Å². The Hall–Kier alpha value is -0.580. The number of nitrogens with one attached hydrogen (secondary N) is 1. The molecule has 84 valence electrons. The van der Waals surface area contributed by atoms with E-state index in [0.717, 1.165) is 31.9 Å². The minimum absolute atomic E-state index is 1.03. The molecule has 0 aromatic carbocycles. The first kappa shape index (κ1) is 10.9. The molecule has 2 rings (SSSR count). The highest BCUT2D eigenvalue weighted by molar-refractivity contribution is 7.10. The molecule has 0 spiro atoms. The number of hydrogen-bond acceptors (Lipinski definition) is 4. The van der Waals surface area contributed by atoms with Crippen LogP contribution in [0.25, 0.3) is 0 Å². The quantitative estimate of drug-likeness (QED) is 0.846. The van der Waals surface area contributed by atoms with Crippen LogP contribution in [0.3, 0.4) is 0 Å². The second-order valence-corrected chi connectivity index (χ2v) is 4.79. The molecule has 0 aliphatic carbocycles. The van der Waals surface area contributed by atoms with Crippen molar-refractivity contribution in [1.29, 1.82) is 0 Å². The first-order valence-corrected chi connectivity index (χ1v) is 6.31. The second kappa shape index (κ2) is 5.49. The lowest BCUT2D eigenvalue weighted by molar-refractivity contribution is 0.282. The number of methoxy groups -OCH3 is 1. The fourth-order valence-corrected chi connectivity index (χ4v) is 2.77. The molecule has 3 nitrogen and oxygen atoms in total. The zero-order chi connectivity index (χ0) is 10.5. The molecule has 0 unspecified atom stereocenters. The molecular weight excluding hydrogens is 208 g/mol. The Kier molecular flexibility index (Phi) is 4.00. The molecule has 1 N–H and O–H groups in total. The SMILES string of the molecule is COc1ccsc1CN1CCCNCC1. The van der Waals surface area contributed by atoms with Crippen molar-refractivity contribution >= 4 is 11.3 Å². The number of rotatable bonds is 3. The summed E-state index contributed by atoms with van der Waals surface area (Å²) >= 11 is 1.79. The zero-order valence-electron chi connectivity index (χ0n) is 9.16. The summed E-state index contributed by atoms with van der Waals surface area (Å²) in [7, 11) is 1.75. The maximum atomic E-state index is 5.33. The molecule has 0 radical (unpaired) electrons. The molecule has 1 aliphatic rings. The monoisotopic (exact) mass is 226 g/mol. The minimum Gasteiger partial charge on any atom is -0.496 e. The van der Waals surface area contributed by atoms with Crippen molar-refractivity contribution in [3.63, 3.8) is 0 Å². The first-order valence-electron chi connectivity index (χ1n) is 5.43. The van der Waals surface area contributed by atoms with Crippen LogP contribution in [0.5, 0.6) is 5.75 Å². The van der Waals surface area contributed by atoms with E-state index in [0.29, 0.717) is 0 Å². The fraction of sp³-hybridized carbons (Fsp3) is 0.636. The Bertz CT molecular complexity index is 293. The van der Waals surface area contributed by atoms with Crippen molar-refractivity contribution in [3.05, 3.63) is 16.3 Å². The molecule has 0 amide bonds. The van der Waals surface area contributed by atoms with Gasteiger partial charge in [0.25, 0.3) is 0 Å². The summed E-state index contributed by atoms with van der Waals surface area (Å²) in [6.07, 6.45) is 1.24. The summed E-state index contributed by atoms with van der Waals surface area (Å²) in [6, 6.07) is 2.05. The number of hydrogen-bond donors (Lipinski definition) is 1. The van der Waals surface area contributed by atoms with Crippen molar-refractivity contribution in [2.45, 2.75) is 13.0 Å². The van der Waals surface area contributed by atoms with Gasteiger partial charge in [-0.05, 0) is 31.0 Å². The third-order valence-electron chi connectivity index (χ3n) is 2.72. The van der Waals surface area contributed by atoms with Crippen LogP contribution < -0.4 is 10.1 Å². The van der Waals surface area contributed by atoms with E-state index in [1.54, 1.807) is 18.4 Å². The lowest BCUT2D eigenvalue weighted by Crippen LogP contribution is -2.27. The van der Waals surface area contributed by atoms with E-state index in [1.807, 2.05) is 0 Å². The van der Waals surface area contributed by atoms with E-state index in [1.165, 1.54) is 17.8 Å². The van der Waals surface area contributed by atoms with Gasteiger partial charge in [0.2, 0.25) is 0 Å². The minimum atomic E-state index is 1.03. The van der Waals surface area contributed by atoms with Gasteiger partial charge < -0.3 is 10.1 Å². The maximum Gasteiger partial charge on any atom is 0.134 e. The maximum absolute atomic E-state index is 5.33. The van der Waals surface area contributed by atoms with Gasteiger partial charge in [-0.3, -0.25) is 4.90 Å². The van der Waals surface area contributed by atoms with Gasteiger partial charge in [-0.15, -0.1) is 11.3 Å². The highest BCUT2D eigenvalue weighted by Crippen LogP contribution is 2.25. The van der Waals surface area contributed by atoms with Crippen LogP contribution in [0.2, 0.25) is 0 Å². The van der Waals surface area contributed by atoms with Gasteiger partial charge in [0.05, 0.1) is 12.0 Å². The summed E-state index contributed by atoms with van der Waals surface area (Å²) in [4.78, 5) is 3.84. The van der Waals surface area contributed by atoms with Crippen molar-refractivity contribution in [1.82, 2.24) is 10.2 Å². The van der Waals surface area contributed by atoms with Crippen LogP contribution in [-0.4, -0.2) is 38.2 Å². The largest absolute Gasteiger partial charge is 0.496 e. The molecule has 1 aromatic heterocycles. The molecule has 2 heterocycles. The highest BCUT2D eigenvalue weighted by Gasteiger charge is 2.12. The van der Waals surface area contributed by atoms with Crippen LogP contribution >= 0.6 is 11.3 Å². The molecule has 1 fully saturated rings. The molecule has 1 aliphatic heterocycles. The van der Waals surface area contributed by atoms with E-state index >= 15 is 0 Å². The van der Waals surface area contributed by atoms with Crippen molar-refractivity contribution < 1.29 is 4.74 Å². The Balaban J connectivity index is 1.94. The summed E-state index contributed by atoms with van der Waals surface area (Å²) in [5.41, 5.74) is 0. The standard InChI is InChI=1S/C11H18N2OS/c1-14-10-3-8-15-11(10)9-13-6-2-4-12-5-7-13/h3,8,12H,2,4-7,9H2,1H3. The van der Waals surface area contributed by atoms with Gasteiger partial charge in [-0.25, -0.2) is 0 Å². The van der Waals surface area contributed by atoms with Gasteiger partial charge in [0.15, 0.2) is 0 Å². The zero-order valence-corrected chi connectivity index (χ0v) is 9.98.